The Bertz CT molecular complexity index is 328. The summed E-state index contributed by atoms with van der Waals surface area (Å²) in [5, 5.41) is 0. The van der Waals surface area contributed by atoms with E-state index in [4.69, 9.17) is 9.29 Å². The molecule has 0 atom stereocenters. The molecule has 0 heterocycles. The molecule has 0 aromatic heterocycles. The molecule has 0 rings (SSSR count). The summed E-state index contributed by atoms with van der Waals surface area (Å²) in [6.07, 6.45) is 1.10. The first-order chi connectivity index (χ1) is 6.87. The van der Waals surface area contributed by atoms with E-state index in [1.807, 2.05) is 6.92 Å². The normalized spacial score (nSPS) is 10.4. The van der Waals surface area contributed by atoms with Gasteiger partial charge in [-0.1, -0.05) is 13.5 Å². The molecule has 0 aliphatic carbocycles. The largest absolute Gasteiger partial charge is 1.00 e. The predicted molar refractivity (Wildman–Crippen MR) is 57.2 cm³/mol. The van der Waals surface area contributed by atoms with Gasteiger partial charge in [0.05, 0.1) is 12.4 Å². The third-order valence-electron chi connectivity index (χ3n) is 1.61. The van der Waals surface area contributed by atoms with Crippen molar-refractivity contribution in [1.82, 2.24) is 0 Å². The SMILES string of the molecule is C=C(CCCS(=O)(=O)O)C(=O)OCCC.[H-].[K+]. The van der Waals surface area contributed by atoms with Gasteiger partial charge < -0.3 is 6.16 Å². The van der Waals surface area contributed by atoms with Crippen LogP contribution in [0.25, 0.3) is 0 Å². The van der Waals surface area contributed by atoms with Gasteiger partial charge in [-0.05, 0) is 19.3 Å². The van der Waals surface area contributed by atoms with Crippen LogP contribution in [0.4, 0.5) is 0 Å². The van der Waals surface area contributed by atoms with Gasteiger partial charge in [0.2, 0.25) is 0 Å². The van der Waals surface area contributed by atoms with Gasteiger partial charge in [-0.25, -0.2) is 4.79 Å². The van der Waals surface area contributed by atoms with Gasteiger partial charge in [-0.2, -0.15) is 8.42 Å². The molecule has 0 fully saturated rings. The molecule has 0 aromatic carbocycles. The number of hydrogen-bond acceptors (Lipinski definition) is 4. The van der Waals surface area contributed by atoms with Crippen molar-refractivity contribution in [2.45, 2.75) is 26.2 Å². The first-order valence-corrected chi connectivity index (χ1v) is 6.27. The van der Waals surface area contributed by atoms with Gasteiger partial charge in [-0.15, -0.1) is 0 Å². The van der Waals surface area contributed by atoms with E-state index in [1.165, 1.54) is 0 Å². The number of ether oxygens (including phenoxy) is 1. The summed E-state index contributed by atoms with van der Waals surface area (Å²) in [7, 11) is -3.96. The van der Waals surface area contributed by atoms with E-state index in [-0.39, 0.29) is 77.0 Å². The average Bonchev–Trinajstić information content (AvgIpc) is 2.11. The maximum absolute atomic E-state index is 11.1. The fourth-order valence-electron chi connectivity index (χ4n) is 0.867. The van der Waals surface area contributed by atoms with Crippen molar-refractivity contribution in [1.29, 1.82) is 0 Å². The second-order valence-corrected chi connectivity index (χ2v) is 4.70. The van der Waals surface area contributed by atoms with E-state index in [1.54, 1.807) is 0 Å². The Balaban J connectivity index is -0.000000980. The molecule has 0 aromatic rings. The van der Waals surface area contributed by atoms with Gasteiger partial charge in [-0.3, -0.25) is 4.55 Å². The van der Waals surface area contributed by atoms with Gasteiger partial charge in [0.25, 0.3) is 10.1 Å². The summed E-state index contributed by atoms with van der Waals surface area (Å²) in [4.78, 5) is 11.1. The monoisotopic (exact) mass is 276 g/mol. The predicted octanol–water partition coefficient (Wildman–Crippen LogP) is -1.72. The Morgan fingerprint density at radius 2 is 2.06 bits per heavy atom. The van der Waals surface area contributed by atoms with Crippen LogP contribution in [0, 0.1) is 0 Å². The Labute approximate surface area is 140 Å². The summed E-state index contributed by atoms with van der Waals surface area (Å²) >= 11 is 0. The maximum Gasteiger partial charge on any atom is 1.00 e. The minimum atomic E-state index is -3.96. The first-order valence-electron chi connectivity index (χ1n) is 4.67. The second kappa shape index (κ2) is 9.75. The zero-order valence-corrected chi connectivity index (χ0v) is 13.7. The van der Waals surface area contributed by atoms with Crippen molar-refractivity contribution in [3.8, 4) is 0 Å². The van der Waals surface area contributed by atoms with Crippen LogP contribution >= 0.6 is 0 Å². The van der Waals surface area contributed by atoms with Crippen LogP contribution in [0.2, 0.25) is 0 Å². The standard InChI is InChI=1S/C9H16O5S.K.H/c1-3-6-14-9(10)8(2)5-4-7-15(11,12)13;;/h2-7H2,1H3,(H,11,12,13);;/q;+1;-1. The molecule has 0 radical (unpaired) electrons. The molecule has 0 bridgehead atoms. The van der Waals surface area contributed by atoms with Crippen molar-refractivity contribution >= 4 is 16.1 Å². The van der Waals surface area contributed by atoms with Crippen molar-refractivity contribution in [3.05, 3.63) is 12.2 Å². The van der Waals surface area contributed by atoms with E-state index in [0.717, 1.165) is 6.42 Å². The number of carbonyl (C=O) groups is 1. The van der Waals surface area contributed by atoms with Crippen LogP contribution in [0.1, 0.15) is 27.6 Å². The van der Waals surface area contributed by atoms with E-state index in [2.05, 4.69) is 6.58 Å². The van der Waals surface area contributed by atoms with E-state index >= 15 is 0 Å². The molecule has 16 heavy (non-hydrogen) atoms. The third-order valence-corrected chi connectivity index (χ3v) is 2.41. The first kappa shape index (κ1) is 19.1. The smallest absolute Gasteiger partial charge is 1.00 e. The molecule has 0 saturated heterocycles. The molecule has 0 aliphatic heterocycles. The van der Waals surface area contributed by atoms with Gasteiger partial charge in [0, 0.05) is 5.57 Å². The van der Waals surface area contributed by atoms with E-state index < -0.39 is 16.1 Å². The van der Waals surface area contributed by atoms with E-state index in [9.17, 15) is 13.2 Å². The van der Waals surface area contributed by atoms with Crippen LogP contribution in [0.5, 0.6) is 0 Å². The van der Waals surface area contributed by atoms with Crippen LogP contribution in [0.15, 0.2) is 12.2 Å². The minimum Gasteiger partial charge on any atom is -1.00 e. The number of rotatable bonds is 7. The Morgan fingerprint density at radius 1 is 1.50 bits per heavy atom. The zero-order chi connectivity index (χ0) is 11.9. The van der Waals surface area contributed by atoms with Crippen molar-refractivity contribution in [3.63, 3.8) is 0 Å². The summed E-state index contributed by atoms with van der Waals surface area (Å²) in [5.74, 6) is -0.875. The van der Waals surface area contributed by atoms with Crippen LogP contribution in [0.3, 0.4) is 0 Å². The van der Waals surface area contributed by atoms with Gasteiger partial charge in [0.15, 0.2) is 0 Å². The molecule has 0 unspecified atom stereocenters. The molecule has 90 valence electrons. The van der Waals surface area contributed by atoms with Gasteiger partial charge in [0.1, 0.15) is 0 Å². The van der Waals surface area contributed by atoms with Crippen LogP contribution < -0.4 is 51.4 Å². The summed E-state index contributed by atoms with van der Waals surface area (Å²) < 4.78 is 34.0. The van der Waals surface area contributed by atoms with Crippen LogP contribution in [-0.4, -0.2) is 31.3 Å². The quantitative estimate of drug-likeness (QED) is 0.259. The minimum absolute atomic E-state index is 0. The number of hydrogen-bond donors (Lipinski definition) is 1. The molecule has 0 saturated carbocycles. The molecule has 7 heteroatoms. The Kier molecular flexibility index (Phi) is 11.6. The molecular formula is C9H17KO5S. The van der Waals surface area contributed by atoms with Crippen molar-refractivity contribution in [2.24, 2.45) is 0 Å². The molecule has 5 nitrogen and oxygen atoms in total. The second-order valence-electron chi connectivity index (χ2n) is 3.13. The number of esters is 1. The third kappa shape index (κ3) is 11.2. The fourth-order valence-corrected chi connectivity index (χ4v) is 1.38. The molecule has 0 aliphatic rings. The Hall–Kier alpha value is 0.756. The molecule has 1 N–H and O–H groups in total. The summed E-state index contributed by atoms with van der Waals surface area (Å²) in [6.45, 7) is 5.68. The van der Waals surface area contributed by atoms with Crippen LogP contribution in [-0.2, 0) is 19.6 Å². The summed E-state index contributed by atoms with van der Waals surface area (Å²) in [5.41, 5.74) is 0.229. The molecule has 0 amide bonds. The van der Waals surface area contributed by atoms with Crippen molar-refractivity contribution < 1.29 is 75.3 Å². The Morgan fingerprint density at radius 3 is 2.50 bits per heavy atom. The fraction of sp³-hybridized carbons (Fsp3) is 0.667. The topological polar surface area (TPSA) is 80.7 Å². The zero-order valence-electron chi connectivity index (χ0n) is 10.7. The molecule has 0 spiro atoms. The van der Waals surface area contributed by atoms with Crippen molar-refractivity contribution in [2.75, 3.05) is 12.4 Å². The molecular weight excluding hydrogens is 259 g/mol. The number of carbonyl (C=O) groups excluding carboxylic acids is 1. The van der Waals surface area contributed by atoms with E-state index in [0.29, 0.717) is 6.61 Å². The van der Waals surface area contributed by atoms with Gasteiger partial charge >= 0.3 is 57.4 Å². The summed E-state index contributed by atoms with van der Waals surface area (Å²) in [6, 6.07) is 0. The maximum atomic E-state index is 11.1. The average molecular weight is 276 g/mol.